The van der Waals surface area contributed by atoms with Gasteiger partial charge in [-0.3, -0.25) is 9.59 Å². The predicted octanol–water partition coefficient (Wildman–Crippen LogP) is 7.90. The highest BCUT2D eigenvalue weighted by molar-refractivity contribution is 5.77. The van der Waals surface area contributed by atoms with E-state index in [2.05, 4.69) is 46.6 Å². The normalized spacial score (nSPS) is 36.8. The number of carbonyl (C=O) groups is 2. The number of fused-ring (bicyclic) bond motifs is 5. The van der Waals surface area contributed by atoms with Gasteiger partial charge in [-0.1, -0.05) is 71.5 Å². The van der Waals surface area contributed by atoms with Crippen molar-refractivity contribution in [1.82, 2.24) is 0 Å². The molecule has 0 amide bonds. The maximum atomic E-state index is 12.4. The topological polar surface area (TPSA) is 52.6 Å². The average molecular weight is 525 g/mol. The van der Waals surface area contributed by atoms with Crippen LogP contribution < -0.4 is 0 Å². The van der Waals surface area contributed by atoms with E-state index in [1.165, 1.54) is 56.9 Å². The maximum Gasteiger partial charge on any atom is 0.307 e. The Bertz CT molecular complexity index is 927. The molecule has 0 saturated heterocycles. The minimum atomic E-state index is -0.444. The fraction of sp³-hybridized carbons (Fsp3) is 0.824. The molecule has 4 rings (SSSR count). The van der Waals surface area contributed by atoms with Gasteiger partial charge in [-0.15, -0.1) is 6.42 Å². The summed E-state index contributed by atoms with van der Waals surface area (Å²) >= 11 is 0. The van der Waals surface area contributed by atoms with E-state index >= 15 is 0 Å². The van der Waals surface area contributed by atoms with E-state index in [9.17, 15) is 9.59 Å². The zero-order valence-corrected chi connectivity index (χ0v) is 24.7. The fourth-order valence-corrected chi connectivity index (χ4v) is 9.40. The third-order valence-electron chi connectivity index (χ3n) is 11.4. The molecule has 4 aliphatic carbocycles. The Kier molecular flexibility index (Phi) is 9.37. The number of ether oxygens (including phenoxy) is 2. The average Bonchev–Trinajstić information content (AvgIpc) is 3.23. The predicted molar refractivity (Wildman–Crippen MR) is 152 cm³/mol. The Morgan fingerprint density at radius 1 is 1.03 bits per heavy atom. The van der Waals surface area contributed by atoms with E-state index in [1.807, 2.05) is 0 Å². The van der Waals surface area contributed by atoms with Gasteiger partial charge < -0.3 is 9.47 Å². The van der Waals surface area contributed by atoms with Crippen molar-refractivity contribution in [3.05, 3.63) is 11.6 Å². The zero-order chi connectivity index (χ0) is 27.5. The molecule has 0 aromatic heterocycles. The monoisotopic (exact) mass is 524 g/mol. The maximum absolute atomic E-state index is 12.4. The van der Waals surface area contributed by atoms with Gasteiger partial charge >= 0.3 is 11.9 Å². The van der Waals surface area contributed by atoms with Gasteiger partial charge in [-0.25, -0.2) is 0 Å². The van der Waals surface area contributed by atoms with Crippen LogP contribution in [0.2, 0.25) is 0 Å². The van der Waals surface area contributed by atoms with E-state index < -0.39 is 5.97 Å². The summed E-state index contributed by atoms with van der Waals surface area (Å²) in [4.78, 5) is 24.1. The second-order valence-corrected chi connectivity index (χ2v) is 14.0. The van der Waals surface area contributed by atoms with Crippen LogP contribution in [0.3, 0.4) is 0 Å². The van der Waals surface area contributed by atoms with Gasteiger partial charge in [0.25, 0.3) is 0 Å². The first kappa shape index (κ1) is 29.2. The lowest BCUT2D eigenvalue weighted by Gasteiger charge is -2.58. The quantitative estimate of drug-likeness (QED) is 0.166. The van der Waals surface area contributed by atoms with E-state index in [1.54, 1.807) is 0 Å². The number of terminal acetylenes is 1. The van der Waals surface area contributed by atoms with Crippen molar-refractivity contribution in [3.8, 4) is 12.3 Å². The summed E-state index contributed by atoms with van der Waals surface area (Å²) in [7, 11) is 0. The summed E-state index contributed by atoms with van der Waals surface area (Å²) in [5.41, 5.74) is 2.28. The fourth-order valence-electron chi connectivity index (χ4n) is 9.40. The van der Waals surface area contributed by atoms with Crippen molar-refractivity contribution < 1.29 is 19.1 Å². The molecule has 3 saturated carbocycles. The SMILES string of the molecule is C#CCOC(=O)CCC(=O)OC1CC[C@@]2(C)C(=CC[C@H]3[C@@H]4CC[C@H]([C@H](C)CCCC(C)C)[C@@]4(C)CC[C@@H]32)C1. The number of esters is 2. The molecule has 0 radical (unpaired) electrons. The van der Waals surface area contributed by atoms with Crippen LogP contribution in [-0.4, -0.2) is 24.6 Å². The van der Waals surface area contributed by atoms with Gasteiger partial charge in [0.1, 0.15) is 6.10 Å². The molecule has 0 bridgehead atoms. The molecule has 0 heterocycles. The summed E-state index contributed by atoms with van der Waals surface area (Å²) in [6, 6.07) is 0. The number of allylic oxidation sites excluding steroid dienone is 1. The molecule has 38 heavy (non-hydrogen) atoms. The van der Waals surface area contributed by atoms with Crippen LogP contribution in [0.25, 0.3) is 0 Å². The Hall–Kier alpha value is -1.76. The lowest BCUT2D eigenvalue weighted by molar-refractivity contribution is -0.155. The summed E-state index contributed by atoms with van der Waals surface area (Å²) in [6.07, 6.45) is 21.4. The molecule has 0 spiro atoms. The smallest absolute Gasteiger partial charge is 0.307 e. The molecule has 8 atom stereocenters. The Balaban J connectivity index is 1.35. The Labute approximate surface area is 232 Å². The highest BCUT2D eigenvalue weighted by atomic mass is 16.5. The van der Waals surface area contributed by atoms with Crippen molar-refractivity contribution in [2.45, 2.75) is 124 Å². The van der Waals surface area contributed by atoms with Gasteiger partial charge in [0.05, 0.1) is 12.8 Å². The Morgan fingerprint density at radius 2 is 1.79 bits per heavy atom. The van der Waals surface area contributed by atoms with Crippen LogP contribution in [0.15, 0.2) is 11.6 Å². The number of hydrogen-bond acceptors (Lipinski definition) is 4. The molecule has 212 valence electrons. The van der Waals surface area contributed by atoms with Gasteiger partial charge in [-0.05, 0) is 91.3 Å². The minimum Gasteiger partial charge on any atom is -0.462 e. The van der Waals surface area contributed by atoms with Crippen molar-refractivity contribution in [2.75, 3.05) is 6.61 Å². The number of carbonyl (C=O) groups excluding carboxylic acids is 2. The zero-order valence-electron chi connectivity index (χ0n) is 24.7. The Morgan fingerprint density at radius 3 is 2.53 bits per heavy atom. The molecule has 4 nitrogen and oxygen atoms in total. The molecule has 0 N–H and O–H groups in total. The summed E-state index contributed by atoms with van der Waals surface area (Å²) in [6.45, 7) is 12.4. The molecule has 4 aliphatic rings. The van der Waals surface area contributed by atoms with Crippen molar-refractivity contribution in [2.24, 2.45) is 46.3 Å². The van der Waals surface area contributed by atoms with E-state index in [4.69, 9.17) is 15.9 Å². The third-order valence-corrected chi connectivity index (χ3v) is 11.4. The largest absolute Gasteiger partial charge is 0.462 e. The summed E-state index contributed by atoms with van der Waals surface area (Å²) < 4.78 is 10.7. The first-order chi connectivity index (χ1) is 18.1. The minimum absolute atomic E-state index is 0.0227. The number of rotatable bonds is 10. The highest BCUT2D eigenvalue weighted by Gasteiger charge is 2.59. The third kappa shape index (κ3) is 6.03. The van der Waals surface area contributed by atoms with Gasteiger partial charge in [-0.2, -0.15) is 0 Å². The van der Waals surface area contributed by atoms with Gasteiger partial charge in [0.15, 0.2) is 6.61 Å². The van der Waals surface area contributed by atoms with Gasteiger partial charge in [0, 0.05) is 6.42 Å². The molecular weight excluding hydrogens is 472 g/mol. The highest BCUT2D eigenvalue weighted by Crippen LogP contribution is 2.67. The first-order valence-electron chi connectivity index (χ1n) is 15.6. The van der Waals surface area contributed by atoms with E-state index in [-0.39, 0.29) is 36.9 Å². The summed E-state index contributed by atoms with van der Waals surface area (Å²) in [5.74, 6) is 6.49. The van der Waals surface area contributed by atoms with Crippen molar-refractivity contribution in [1.29, 1.82) is 0 Å². The van der Waals surface area contributed by atoms with Crippen LogP contribution in [-0.2, 0) is 19.1 Å². The molecule has 0 aliphatic heterocycles. The van der Waals surface area contributed by atoms with Crippen LogP contribution >= 0.6 is 0 Å². The number of hydrogen-bond donors (Lipinski definition) is 0. The van der Waals surface area contributed by atoms with Crippen LogP contribution in [0.4, 0.5) is 0 Å². The molecule has 0 aromatic rings. The van der Waals surface area contributed by atoms with Crippen LogP contribution in [0.5, 0.6) is 0 Å². The standard InChI is InChI=1S/C34H52O4/c1-7-21-37-31(35)15-16-32(36)38-26-17-19-33(5)25(22-26)11-12-27-29-14-13-28(24(4)10-8-9-23(2)3)34(29,6)20-18-30(27)33/h1,11,23-24,26-30H,8-10,12-22H2,2-6H3/t24-,26?,27+,28-,29+,30+,33+,34-/m1/s1. The molecule has 4 heteroatoms. The molecule has 1 unspecified atom stereocenters. The lowest BCUT2D eigenvalue weighted by atomic mass is 9.47. The summed E-state index contributed by atoms with van der Waals surface area (Å²) in [5, 5.41) is 0. The second kappa shape index (κ2) is 12.2. The molecular formula is C34H52O4. The van der Waals surface area contributed by atoms with Gasteiger partial charge in [0.2, 0.25) is 0 Å². The van der Waals surface area contributed by atoms with E-state index in [0.717, 1.165) is 54.8 Å². The van der Waals surface area contributed by atoms with Crippen molar-refractivity contribution >= 4 is 11.9 Å². The lowest BCUT2D eigenvalue weighted by Crippen LogP contribution is -2.51. The van der Waals surface area contributed by atoms with E-state index in [0.29, 0.717) is 5.41 Å². The second-order valence-electron chi connectivity index (χ2n) is 14.0. The molecule has 3 fully saturated rings. The van der Waals surface area contributed by atoms with Crippen molar-refractivity contribution in [3.63, 3.8) is 0 Å². The van der Waals surface area contributed by atoms with Crippen LogP contribution in [0, 0.1) is 58.7 Å². The first-order valence-corrected chi connectivity index (χ1v) is 15.6. The van der Waals surface area contributed by atoms with Crippen LogP contribution in [0.1, 0.15) is 118 Å². The molecule has 0 aromatic carbocycles.